The Labute approximate surface area is 125 Å². The van der Waals surface area contributed by atoms with Gasteiger partial charge in [0.15, 0.2) is 0 Å². The first-order valence-electron chi connectivity index (χ1n) is 5.64. The molecule has 0 atom stereocenters. The quantitative estimate of drug-likeness (QED) is 0.576. The Balaban J connectivity index is 2.27. The average Bonchev–Trinajstić information content (AvgIpc) is 2.43. The van der Waals surface area contributed by atoms with Crippen LogP contribution in [0.25, 0.3) is 0 Å². The number of hydrazine groups is 1. The monoisotopic (exact) mass is 356 g/mol. The number of aromatic nitrogens is 1. The van der Waals surface area contributed by atoms with Crippen molar-refractivity contribution in [2.45, 2.75) is 11.8 Å². The molecule has 2 aromatic rings. The van der Waals surface area contributed by atoms with Crippen molar-refractivity contribution in [2.24, 2.45) is 5.84 Å². The van der Waals surface area contributed by atoms with Crippen LogP contribution in [-0.2, 0) is 10.0 Å². The minimum atomic E-state index is -3.67. The second-order valence-electron chi connectivity index (χ2n) is 4.09. The number of rotatable bonds is 4. The molecule has 0 aliphatic heterocycles. The second kappa shape index (κ2) is 5.78. The number of nitrogen functional groups attached to an aromatic ring is 1. The van der Waals surface area contributed by atoms with Crippen molar-refractivity contribution in [2.75, 3.05) is 10.1 Å². The highest BCUT2D eigenvalue weighted by Crippen LogP contribution is 2.23. The van der Waals surface area contributed by atoms with E-state index in [1.54, 1.807) is 12.1 Å². The predicted molar refractivity (Wildman–Crippen MR) is 81.7 cm³/mol. The number of hydrogen-bond acceptors (Lipinski definition) is 5. The summed E-state index contributed by atoms with van der Waals surface area (Å²) in [5.74, 6) is 5.57. The standard InChI is InChI=1S/C12H13BrN4O2S/c1-8-2-3-9(6-11(8)13)17-20(18,19)10-4-5-12(16-14)15-7-10/h2-7,17H,14H2,1H3,(H,15,16). The number of nitrogens with one attached hydrogen (secondary N) is 2. The van der Waals surface area contributed by atoms with Crippen LogP contribution in [0.4, 0.5) is 11.5 Å². The molecular formula is C12H13BrN4O2S. The molecule has 0 saturated heterocycles. The zero-order valence-corrected chi connectivity index (χ0v) is 13.0. The van der Waals surface area contributed by atoms with Crippen LogP contribution < -0.4 is 16.0 Å². The Kier molecular flexibility index (Phi) is 4.26. The molecule has 0 spiro atoms. The lowest BCUT2D eigenvalue weighted by Gasteiger charge is -2.09. The van der Waals surface area contributed by atoms with E-state index in [4.69, 9.17) is 5.84 Å². The van der Waals surface area contributed by atoms with Crippen molar-refractivity contribution in [3.8, 4) is 0 Å². The molecule has 20 heavy (non-hydrogen) atoms. The first kappa shape index (κ1) is 14.8. The predicted octanol–water partition coefficient (Wildman–Crippen LogP) is 2.24. The molecule has 106 valence electrons. The van der Waals surface area contributed by atoms with Crippen LogP contribution in [-0.4, -0.2) is 13.4 Å². The summed E-state index contributed by atoms with van der Waals surface area (Å²) in [6, 6.07) is 8.13. The van der Waals surface area contributed by atoms with Crippen LogP contribution in [0.5, 0.6) is 0 Å². The van der Waals surface area contributed by atoms with E-state index in [9.17, 15) is 8.42 Å². The molecule has 1 aromatic heterocycles. The van der Waals surface area contributed by atoms with E-state index < -0.39 is 10.0 Å². The van der Waals surface area contributed by atoms with E-state index in [1.165, 1.54) is 18.3 Å². The van der Waals surface area contributed by atoms with Crippen molar-refractivity contribution >= 4 is 37.5 Å². The number of anilines is 2. The third kappa shape index (κ3) is 3.27. The number of pyridine rings is 1. The van der Waals surface area contributed by atoms with Gasteiger partial charge < -0.3 is 5.43 Å². The molecule has 0 aliphatic carbocycles. The lowest BCUT2D eigenvalue weighted by Crippen LogP contribution is -2.14. The summed E-state index contributed by atoms with van der Waals surface area (Å²) in [5.41, 5.74) is 3.83. The van der Waals surface area contributed by atoms with Gasteiger partial charge >= 0.3 is 0 Å². The van der Waals surface area contributed by atoms with E-state index in [0.717, 1.165) is 10.0 Å². The third-order valence-corrected chi connectivity index (χ3v) is 4.84. The number of hydrogen-bond donors (Lipinski definition) is 3. The van der Waals surface area contributed by atoms with Gasteiger partial charge in [0.2, 0.25) is 0 Å². The first-order chi connectivity index (χ1) is 9.42. The molecular weight excluding hydrogens is 344 g/mol. The topological polar surface area (TPSA) is 97.1 Å². The van der Waals surface area contributed by atoms with Gasteiger partial charge in [0.05, 0.1) is 0 Å². The lowest BCUT2D eigenvalue weighted by atomic mass is 10.2. The molecule has 0 saturated carbocycles. The lowest BCUT2D eigenvalue weighted by molar-refractivity contribution is 0.601. The summed E-state index contributed by atoms with van der Waals surface area (Å²) in [6.45, 7) is 1.92. The fraction of sp³-hybridized carbons (Fsp3) is 0.0833. The van der Waals surface area contributed by atoms with Gasteiger partial charge in [-0.25, -0.2) is 19.2 Å². The Bertz CT molecular complexity index is 717. The maximum absolute atomic E-state index is 12.2. The van der Waals surface area contributed by atoms with Gasteiger partial charge in [0.1, 0.15) is 10.7 Å². The van der Waals surface area contributed by atoms with Crippen molar-refractivity contribution in [1.82, 2.24) is 4.98 Å². The van der Waals surface area contributed by atoms with Crippen molar-refractivity contribution in [1.29, 1.82) is 0 Å². The summed E-state index contributed by atoms with van der Waals surface area (Å²) in [6.07, 6.45) is 1.24. The average molecular weight is 357 g/mol. The van der Waals surface area contributed by atoms with Crippen molar-refractivity contribution in [3.05, 3.63) is 46.6 Å². The van der Waals surface area contributed by atoms with Gasteiger partial charge in [-0.2, -0.15) is 0 Å². The normalized spacial score (nSPS) is 11.2. The van der Waals surface area contributed by atoms with Crippen LogP contribution in [0.3, 0.4) is 0 Å². The highest BCUT2D eigenvalue weighted by atomic mass is 79.9. The summed E-state index contributed by atoms with van der Waals surface area (Å²) in [5, 5.41) is 0. The third-order valence-electron chi connectivity index (χ3n) is 2.62. The Hall–Kier alpha value is -1.64. The van der Waals surface area contributed by atoms with Crippen LogP contribution in [0.2, 0.25) is 0 Å². The number of halogens is 1. The Morgan fingerprint density at radius 1 is 1.25 bits per heavy atom. The van der Waals surface area contributed by atoms with Crippen molar-refractivity contribution in [3.63, 3.8) is 0 Å². The number of nitrogens with zero attached hydrogens (tertiary/aromatic N) is 1. The SMILES string of the molecule is Cc1ccc(NS(=O)(=O)c2ccc(NN)nc2)cc1Br. The highest BCUT2D eigenvalue weighted by Gasteiger charge is 2.15. The number of nitrogens with two attached hydrogens (primary N) is 1. The van der Waals surface area contributed by atoms with E-state index in [0.29, 0.717) is 11.5 Å². The van der Waals surface area contributed by atoms with Crippen LogP contribution in [0, 0.1) is 6.92 Å². The smallest absolute Gasteiger partial charge is 0.263 e. The summed E-state index contributed by atoms with van der Waals surface area (Å²) in [4.78, 5) is 3.94. The van der Waals surface area contributed by atoms with Gasteiger partial charge in [0, 0.05) is 16.4 Å². The van der Waals surface area contributed by atoms with Gasteiger partial charge in [-0.1, -0.05) is 22.0 Å². The fourth-order valence-electron chi connectivity index (χ4n) is 1.50. The number of benzene rings is 1. The number of sulfonamides is 1. The second-order valence-corrected chi connectivity index (χ2v) is 6.63. The summed E-state index contributed by atoms with van der Waals surface area (Å²) < 4.78 is 27.7. The minimum Gasteiger partial charge on any atom is -0.308 e. The molecule has 1 aromatic carbocycles. The van der Waals surface area contributed by atoms with Gasteiger partial charge in [-0.05, 0) is 36.8 Å². The van der Waals surface area contributed by atoms with E-state index in [1.807, 2.05) is 13.0 Å². The molecule has 0 aliphatic rings. The molecule has 0 amide bonds. The van der Waals surface area contributed by atoms with E-state index in [2.05, 4.69) is 31.1 Å². The zero-order chi connectivity index (χ0) is 14.8. The fourth-order valence-corrected chi connectivity index (χ4v) is 2.87. The largest absolute Gasteiger partial charge is 0.308 e. The molecule has 0 bridgehead atoms. The number of aryl methyl sites for hydroxylation is 1. The van der Waals surface area contributed by atoms with Crippen LogP contribution in [0.15, 0.2) is 45.9 Å². The van der Waals surface area contributed by atoms with Gasteiger partial charge in [-0.15, -0.1) is 0 Å². The maximum Gasteiger partial charge on any atom is 0.263 e. The molecule has 0 radical (unpaired) electrons. The zero-order valence-electron chi connectivity index (χ0n) is 10.6. The summed E-state index contributed by atoms with van der Waals surface area (Å²) >= 11 is 3.36. The molecule has 1 heterocycles. The summed E-state index contributed by atoms with van der Waals surface area (Å²) in [7, 11) is -3.67. The van der Waals surface area contributed by atoms with Gasteiger partial charge in [0.25, 0.3) is 10.0 Å². The maximum atomic E-state index is 12.2. The molecule has 6 nitrogen and oxygen atoms in total. The molecule has 4 N–H and O–H groups in total. The van der Waals surface area contributed by atoms with E-state index in [-0.39, 0.29) is 4.90 Å². The minimum absolute atomic E-state index is 0.0631. The molecule has 0 fully saturated rings. The van der Waals surface area contributed by atoms with E-state index >= 15 is 0 Å². The Morgan fingerprint density at radius 3 is 2.55 bits per heavy atom. The van der Waals surface area contributed by atoms with Gasteiger partial charge in [-0.3, -0.25) is 4.72 Å². The Morgan fingerprint density at radius 2 is 2.00 bits per heavy atom. The molecule has 8 heteroatoms. The van der Waals surface area contributed by atoms with Crippen molar-refractivity contribution < 1.29 is 8.42 Å². The van der Waals surface area contributed by atoms with Crippen LogP contribution in [0.1, 0.15) is 5.56 Å². The highest BCUT2D eigenvalue weighted by molar-refractivity contribution is 9.10. The molecule has 0 unspecified atom stereocenters. The van der Waals surface area contributed by atoms with Crippen LogP contribution >= 0.6 is 15.9 Å². The molecule has 2 rings (SSSR count). The first-order valence-corrected chi connectivity index (χ1v) is 7.91.